The van der Waals surface area contributed by atoms with Crippen LogP contribution in [0.1, 0.15) is 13.8 Å². The summed E-state index contributed by atoms with van der Waals surface area (Å²) in [5.41, 5.74) is 0. The van der Waals surface area contributed by atoms with E-state index in [1.165, 1.54) is 11.8 Å². The van der Waals surface area contributed by atoms with Gasteiger partial charge in [-0.1, -0.05) is 11.8 Å². The van der Waals surface area contributed by atoms with Crippen molar-refractivity contribution >= 4 is 17.7 Å². The maximum Gasteiger partial charge on any atom is 0.248 e. The molecule has 1 amide bonds. The lowest BCUT2D eigenvalue weighted by Gasteiger charge is -2.11. The first-order chi connectivity index (χ1) is 8.15. The van der Waals surface area contributed by atoms with Crippen molar-refractivity contribution in [1.29, 1.82) is 0 Å². The van der Waals surface area contributed by atoms with E-state index in [1.54, 1.807) is 18.7 Å². The van der Waals surface area contributed by atoms with Gasteiger partial charge in [0.25, 0.3) is 0 Å². The number of tetrazole rings is 1. The number of aryl methyl sites for hydroxylation is 1. The third-order valence-corrected chi connectivity index (χ3v) is 3.01. The molecule has 7 nitrogen and oxygen atoms in total. The van der Waals surface area contributed by atoms with Gasteiger partial charge in [0.15, 0.2) is 0 Å². The van der Waals surface area contributed by atoms with E-state index >= 15 is 0 Å². The Morgan fingerprint density at radius 2 is 2.41 bits per heavy atom. The molecule has 0 spiro atoms. The third kappa shape index (κ3) is 4.70. The van der Waals surface area contributed by atoms with Gasteiger partial charge in [-0.3, -0.25) is 4.79 Å². The Kier molecular flexibility index (Phi) is 5.92. The molecule has 1 aromatic heterocycles. The summed E-state index contributed by atoms with van der Waals surface area (Å²) < 4.78 is 6.76. The summed E-state index contributed by atoms with van der Waals surface area (Å²) in [6.45, 7) is 4.70. The molecular formula is C9H17N5O2S. The predicted octanol–water partition coefficient (Wildman–Crippen LogP) is -0.157. The smallest absolute Gasteiger partial charge is 0.248 e. The van der Waals surface area contributed by atoms with Gasteiger partial charge >= 0.3 is 0 Å². The Balaban J connectivity index is 2.16. The van der Waals surface area contributed by atoms with Gasteiger partial charge < -0.3 is 10.1 Å². The average molecular weight is 259 g/mol. The lowest BCUT2D eigenvalue weighted by molar-refractivity contribution is -0.131. The van der Waals surface area contributed by atoms with E-state index in [1.807, 2.05) is 6.92 Å². The Labute approximate surface area is 104 Å². The maximum atomic E-state index is 11.5. The molecule has 1 N–H and O–H groups in total. The molecule has 17 heavy (non-hydrogen) atoms. The fourth-order valence-corrected chi connectivity index (χ4v) is 1.83. The van der Waals surface area contributed by atoms with Crippen molar-refractivity contribution in [3.8, 4) is 0 Å². The molecule has 0 aliphatic heterocycles. The van der Waals surface area contributed by atoms with Crippen molar-refractivity contribution < 1.29 is 9.53 Å². The molecule has 1 rings (SSSR count). The van der Waals surface area contributed by atoms with Gasteiger partial charge in [0.2, 0.25) is 11.1 Å². The van der Waals surface area contributed by atoms with Crippen molar-refractivity contribution in [3.63, 3.8) is 0 Å². The van der Waals surface area contributed by atoms with E-state index in [2.05, 4.69) is 20.8 Å². The largest absolute Gasteiger partial charge is 0.369 e. The van der Waals surface area contributed by atoms with Crippen LogP contribution in [0.25, 0.3) is 0 Å². The second-order valence-corrected chi connectivity index (χ2v) is 4.38. The fraction of sp³-hybridized carbons (Fsp3) is 0.778. The van der Waals surface area contributed by atoms with Crippen molar-refractivity contribution in [2.75, 3.05) is 18.9 Å². The normalized spacial score (nSPS) is 12.4. The number of nitrogens with zero attached hydrogens (tertiary/aromatic N) is 4. The van der Waals surface area contributed by atoms with E-state index < -0.39 is 6.10 Å². The highest BCUT2D eigenvalue weighted by Crippen LogP contribution is 2.10. The topological polar surface area (TPSA) is 81.9 Å². The number of thioether (sulfide) groups is 1. The van der Waals surface area contributed by atoms with Crippen molar-refractivity contribution in [2.24, 2.45) is 7.05 Å². The number of amides is 1. The van der Waals surface area contributed by atoms with Crippen molar-refractivity contribution in [1.82, 2.24) is 25.5 Å². The molecular weight excluding hydrogens is 242 g/mol. The minimum atomic E-state index is -0.401. The summed E-state index contributed by atoms with van der Waals surface area (Å²) in [4.78, 5) is 11.5. The standard InChI is InChI=1S/C9H17N5O2S/c1-4-16-7(2)8(15)10-5-6-17-9-11-12-13-14(9)3/h7H,4-6H2,1-3H3,(H,10,15)/t7-/m1/s1. The lowest BCUT2D eigenvalue weighted by Crippen LogP contribution is -2.35. The summed E-state index contributed by atoms with van der Waals surface area (Å²) >= 11 is 1.49. The molecule has 0 unspecified atom stereocenters. The Bertz CT molecular complexity index is 357. The van der Waals surface area contributed by atoms with Crippen LogP contribution in [0.5, 0.6) is 0 Å². The first kappa shape index (κ1) is 13.9. The van der Waals surface area contributed by atoms with Gasteiger partial charge in [0, 0.05) is 26.0 Å². The van der Waals surface area contributed by atoms with Gasteiger partial charge in [-0.15, -0.1) is 5.10 Å². The molecule has 1 atom stereocenters. The molecule has 0 aromatic carbocycles. The van der Waals surface area contributed by atoms with Crippen LogP contribution in [-0.2, 0) is 16.6 Å². The molecule has 1 heterocycles. The van der Waals surface area contributed by atoms with Crippen molar-refractivity contribution in [2.45, 2.75) is 25.1 Å². The second-order valence-electron chi connectivity index (χ2n) is 3.32. The zero-order chi connectivity index (χ0) is 12.7. The number of aromatic nitrogens is 4. The number of carbonyl (C=O) groups excluding carboxylic acids is 1. The molecule has 0 saturated heterocycles. The van der Waals surface area contributed by atoms with E-state index in [0.29, 0.717) is 13.2 Å². The van der Waals surface area contributed by atoms with E-state index in [4.69, 9.17) is 4.74 Å². The lowest BCUT2D eigenvalue weighted by atomic mass is 10.4. The minimum Gasteiger partial charge on any atom is -0.369 e. The quantitative estimate of drug-likeness (QED) is 0.541. The minimum absolute atomic E-state index is 0.0939. The maximum absolute atomic E-state index is 11.5. The zero-order valence-corrected chi connectivity index (χ0v) is 11.0. The molecule has 0 aliphatic rings. The van der Waals surface area contributed by atoms with Gasteiger partial charge in [-0.2, -0.15) is 0 Å². The molecule has 1 aromatic rings. The Morgan fingerprint density at radius 1 is 1.65 bits per heavy atom. The summed E-state index contributed by atoms with van der Waals surface area (Å²) in [5.74, 6) is 0.627. The van der Waals surface area contributed by atoms with Gasteiger partial charge in [0.1, 0.15) is 6.10 Å². The monoisotopic (exact) mass is 259 g/mol. The van der Waals surface area contributed by atoms with Crippen LogP contribution in [-0.4, -0.2) is 51.1 Å². The highest BCUT2D eigenvalue weighted by molar-refractivity contribution is 7.99. The van der Waals surface area contributed by atoms with Crippen LogP contribution in [0.15, 0.2) is 5.16 Å². The molecule has 0 saturated carbocycles. The number of ether oxygens (including phenoxy) is 1. The molecule has 96 valence electrons. The number of nitrogens with one attached hydrogen (secondary N) is 1. The summed E-state index contributed by atoms with van der Waals surface area (Å²) in [6, 6.07) is 0. The fourth-order valence-electron chi connectivity index (χ4n) is 1.13. The van der Waals surface area contributed by atoms with E-state index in [-0.39, 0.29) is 5.91 Å². The van der Waals surface area contributed by atoms with Gasteiger partial charge in [-0.05, 0) is 24.3 Å². The number of hydrogen-bond acceptors (Lipinski definition) is 6. The van der Waals surface area contributed by atoms with Crippen LogP contribution >= 0.6 is 11.8 Å². The molecule has 0 aliphatic carbocycles. The van der Waals surface area contributed by atoms with Crippen LogP contribution in [0, 0.1) is 0 Å². The molecule has 0 fully saturated rings. The Hall–Kier alpha value is -1.15. The van der Waals surface area contributed by atoms with Crippen LogP contribution in [0.3, 0.4) is 0 Å². The van der Waals surface area contributed by atoms with Crippen LogP contribution < -0.4 is 5.32 Å². The molecule has 0 bridgehead atoms. The summed E-state index contributed by atoms with van der Waals surface area (Å²) in [7, 11) is 1.78. The third-order valence-electron chi connectivity index (χ3n) is 2.00. The first-order valence-corrected chi connectivity index (χ1v) is 6.38. The predicted molar refractivity (Wildman–Crippen MR) is 63.6 cm³/mol. The highest BCUT2D eigenvalue weighted by Gasteiger charge is 2.11. The Morgan fingerprint density at radius 3 is 3.00 bits per heavy atom. The number of carbonyl (C=O) groups is 1. The average Bonchev–Trinajstić information content (AvgIpc) is 2.70. The number of hydrogen-bond donors (Lipinski definition) is 1. The first-order valence-electron chi connectivity index (χ1n) is 5.39. The number of rotatable bonds is 7. The summed E-state index contributed by atoms with van der Waals surface area (Å²) in [6.07, 6.45) is -0.401. The second kappa shape index (κ2) is 7.23. The van der Waals surface area contributed by atoms with Gasteiger partial charge in [-0.25, -0.2) is 4.68 Å². The molecule has 0 radical (unpaired) electrons. The van der Waals surface area contributed by atoms with E-state index in [9.17, 15) is 4.79 Å². The van der Waals surface area contributed by atoms with Crippen LogP contribution in [0.2, 0.25) is 0 Å². The summed E-state index contributed by atoms with van der Waals surface area (Å²) in [5, 5.41) is 14.6. The zero-order valence-electron chi connectivity index (χ0n) is 10.2. The van der Waals surface area contributed by atoms with Gasteiger partial charge in [0.05, 0.1) is 0 Å². The molecule has 8 heteroatoms. The SMILES string of the molecule is CCO[C@H](C)C(=O)NCCSc1nnnn1C. The highest BCUT2D eigenvalue weighted by atomic mass is 32.2. The van der Waals surface area contributed by atoms with E-state index in [0.717, 1.165) is 10.9 Å². The van der Waals surface area contributed by atoms with Crippen molar-refractivity contribution in [3.05, 3.63) is 0 Å². The van der Waals surface area contributed by atoms with Crippen LogP contribution in [0.4, 0.5) is 0 Å².